The van der Waals surface area contributed by atoms with E-state index < -0.39 is 16.1 Å². The summed E-state index contributed by atoms with van der Waals surface area (Å²) in [6.07, 6.45) is 0. The Morgan fingerprint density at radius 1 is 0.253 bits per heavy atom. The number of benzene rings is 11. The van der Waals surface area contributed by atoms with E-state index in [1.54, 1.807) is 0 Å². The Labute approximate surface area is 459 Å². The number of aromatic nitrogens is 6. The van der Waals surface area contributed by atoms with Gasteiger partial charge in [0.25, 0.3) is 0 Å². The van der Waals surface area contributed by atoms with Gasteiger partial charge in [-0.25, -0.2) is 15.0 Å². The van der Waals surface area contributed by atoms with Crippen LogP contribution in [0.3, 0.4) is 0 Å². The topological polar surface area (TPSA) is 52.9 Å². The molecule has 0 fully saturated rings. The molecule has 15 rings (SSSR count). The first kappa shape index (κ1) is 46.3. The van der Waals surface area contributed by atoms with Crippen LogP contribution in [0.1, 0.15) is 0 Å². The molecular weight excluding hydrogens is 993 g/mol. The largest absolute Gasteiger partial charge is 0.294 e. The van der Waals surface area contributed by atoms with Crippen molar-refractivity contribution in [3.8, 4) is 23.0 Å². The Morgan fingerprint density at radius 3 is 1.15 bits per heavy atom. The predicted molar refractivity (Wildman–Crippen MR) is 332 cm³/mol. The van der Waals surface area contributed by atoms with Gasteiger partial charge in [-0.3, -0.25) is 13.5 Å². The standard InChI is InChI=1S/C71H50N6Si2/c1-8-26-51(27-9-1)70-73-68(75-63-41-23-22-40-60(63)61-48-58(45-47-64(61)75)78(52-28-10-2-11-29-52,53-30-12-3-13-31-53)54-32-14-4-15-33-54)50-69(74-70)77-66-43-25-24-42-65(66)76-67-49-59(44-46-62(67)72-71(76)77)79(55-34-16-5-17-35-55,56-36-18-6-19-37-56)57-38-20-7-21-39-57/h1-50H. The monoisotopic (exact) mass is 1040 g/mol. The van der Waals surface area contributed by atoms with Crippen molar-refractivity contribution < 1.29 is 0 Å². The van der Waals surface area contributed by atoms with Gasteiger partial charge in [-0.1, -0.05) is 261 Å². The van der Waals surface area contributed by atoms with Crippen molar-refractivity contribution in [2.75, 3.05) is 0 Å². The van der Waals surface area contributed by atoms with E-state index >= 15 is 0 Å². The molecular formula is C71H50N6Si2. The number of rotatable bonds is 11. The molecule has 0 radical (unpaired) electrons. The van der Waals surface area contributed by atoms with E-state index in [-0.39, 0.29) is 0 Å². The summed E-state index contributed by atoms with van der Waals surface area (Å²) in [4.78, 5) is 16.6. The van der Waals surface area contributed by atoms with Crippen LogP contribution >= 0.6 is 0 Å². The molecule has 0 N–H and O–H groups in total. The van der Waals surface area contributed by atoms with Crippen LogP contribution in [0.15, 0.2) is 303 Å². The van der Waals surface area contributed by atoms with Crippen LogP contribution in [-0.2, 0) is 0 Å². The van der Waals surface area contributed by atoms with Crippen LogP contribution in [0.2, 0.25) is 0 Å². The molecule has 15 aromatic rings. The van der Waals surface area contributed by atoms with Crippen molar-refractivity contribution in [1.29, 1.82) is 0 Å². The van der Waals surface area contributed by atoms with Gasteiger partial charge in [0.15, 0.2) is 22.0 Å². The van der Waals surface area contributed by atoms with Crippen LogP contribution < -0.4 is 41.5 Å². The second-order valence-corrected chi connectivity index (χ2v) is 27.9. The maximum atomic E-state index is 5.55. The van der Waals surface area contributed by atoms with E-state index in [0.29, 0.717) is 5.82 Å². The lowest BCUT2D eigenvalue weighted by atomic mass is 10.1. The minimum Gasteiger partial charge on any atom is -0.294 e. The molecule has 0 aliphatic carbocycles. The third kappa shape index (κ3) is 7.26. The molecule has 0 atom stereocenters. The first-order valence-electron chi connectivity index (χ1n) is 26.9. The third-order valence-electron chi connectivity index (χ3n) is 16.2. The van der Waals surface area contributed by atoms with Crippen molar-refractivity contribution in [3.63, 3.8) is 0 Å². The van der Waals surface area contributed by atoms with Crippen molar-refractivity contribution in [1.82, 2.24) is 28.5 Å². The van der Waals surface area contributed by atoms with E-state index in [2.05, 4.69) is 311 Å². The molecule has 0 saturated carbocycles. The lowest BCUT2D eigenvalue weighted by molar-refractivity contribution is 0.980. The molecule has 4 aromatic heterocycles. The molecule has 0 aliphatic rings. The normalized spacial score (nSPS) is 12.1. The van der Waals surface area contributed by atoms with Crippen LogP contribution in [0.4, 0.5) is 0 Å². The zero-order valence-corrected chi connectivity index (χ0v) is 45.1. The summed E-state index contributed by atoms with van der Waals surface area (Å²) in [6.45, 7) is 0. The number of hydrogen-bond donors (Lipinski definition) is 0. The Hall–Kier alpha value is -10.00. The fourth-order valence-electron chi connectivity index (χ4n) is 12.8. The van der Waals surface area contributed by atoms with Crippen molar-refractivity contribution in [2.45, 2.75) is 0 Å². The smallest absolute Gasteiger partial charge is 0.221 e. The van der Waals surface area contributed by atoms with Crippen LogP contribution in [0, 0.1) is 0 Å². The van der Waals surface area contributed by atoms with E-state index in [9.17, 15) is 0 Å². The molecule has 6 nitrogen and oxygen atoms in total. The van der Waals surface area contributed by atoms with Crippen LogP contribution in [-0.4, -0.2) is 44.6 Å². The average Bonchev–Trinajstić information content (AvgIpc) is 4.25. The first-order valence-corrected chi connectivity index (χ1v) is 30.9. The van der Waals surface area contributed by atoms with Gasteiger partial charge in [-0.2, -0.15) is 0 Å². The van der Waals surface area contributed by atoms with Gasteiger partial charge < -0.3 is 0 Å². The first-order chi connectivity index (χ1) is 39.2. The van der Waals surface area contributed by atoms with Gasteiger partial charge in [0.2, 0.25) is 5.78 Å². The van der Waals surface area contributed by atoms with Crippen molar-refractivity contribution >= 4 is 107 Å². The summed E-state index contributed by atoms with van der Waals surface area (Å²) in [5.41, 5.74) is 7.04. The second kappa shape index (κ2) is 18.9. The molecule has 0 aliphatic heterocycles. The summed E-state index contributed by atoms with van der Waals surface area (Å²) in [5, 5.41) is 12.9. The summed E-state index contributed by atoms with van der Waals surface area (Å²) in [5.74, 6) is 2.88. The second-order valence-electron chi connectivity index (χ2n) is 20.3. The van der Waals surface area contributed by atoms with Gasteiger partial charge >= 0.3 is 0 Å². The van der Waals surface area contributed by atoms with E-state index in [0.717, 1.165) is 61.5 Å². The van der Waals surface area contributed by atoms with Crippen molar-refractivity contribution in [3.05, 3.63) is 303 Å². The van der Waals surface area contributed by atoms with Gasteiger partial charge in [-0.05, 0) is 77.9 Å². The number of imidazole rings is 2. The molecule has 0 spiro atoms. The highest BCUT2D eigenvalue weighted by molar-refractivity contribution is 7.20. The molecule has 79 heavy (non-hydrogen) atoms. The maximum Gasteiger partial charge on any atom is 0.221 e. The van der Waals surface area contributed by atoms with Gasteiger partial charge in [-0.15, -0.1) is 0 Å². The maximum absolute atomic E-state index is 5.55. The zero-order valence-electron chi connectivity index (χ0n) is 43.1. The molecule has 0 amide bonds. The van der Waals surface area contributed by atoms with E-state index in [1.807, 2.05) is 6.07 Å². The number of hydrogen-bond acceptors (Lipinski definition) is 3. The Bertz CT molecular complexity index is 4510. The van der Waals surface area contributed by atoms with Crippen LogP contribution in [0.25, 0.3) is 72.7 Å². The van der Waals surface area contributed by atoms with Gasteiger partial charge in [0.1, 0.15) is 11.6 Å². The summed E-state index contributed by atoms with van der Waals surface area (Å²) in [7, 11) is -5.72. The SMILES string of the molecule is c1ccc(-c2nc(-n3c4ccccc4c4cc([Si](c5ccccc5)(c5ccccc5)c5ccccc5)ccc43)cc(-n3c4ccccc4n4c5cc([Si](c6ccccc6)(c6ccccc6)c6ccccc6)ccc5nc34)n2)cc1. The highest BCUT2D eigenvalue weighted by atomic mass is 28.3. The molecule has 4 heterocycles. The Morgan fingerprint density at radius 2 is 0.646 bits per heavy atom. The lowest BCUT2D eigenvalue weighted by Gasteiger charge is -2.34. The minimum atomic E-state index is -2.87. The predicted octanol–water partition coefficient (Wildman–Crippen LogP) is 10.7. The van der Waals surface area contributed by atoms with Gasteiger partial charge in [0, 0.05) is 22.4 Å². The highest BCUT2D eigenvalue weighted by Gasteiger charge is 2.43. The molecule has 11 aromatic carbocycles. The Balaban J connectivity index is 0.978. The lowest BCUT2D eigenvalue weighted by Crippen LogP contribution is -2.74. The van der Waals surface area contributed by atoms with E-state index in [1.165, 1.54) is 46.9 Å². The summed E-state index contributed by atoms with van der Waals surface area (Å²) < 4.78 is 6.90. The molecule has 0 bridgehead atoms. The zero-order chi connectivity index (χ0) is 52.3. The van der Waals surface area contributed by atoms with Gasteiger partial charge in [0.05, 0.1) is 33.1 Å². The summed E-state index contributed by atoms with van der Waals surface area (Å²) >= 11 is 0. The summed E-state index contributed by atoms with van der Waals surface area (Å²) in [6, 6.07) is 111. The van der Waals surface area contributed by atoms with Crippen molar-refractivity contribution in [2.24, 2.45) is 0 Å². The molecule has 8 heteroatoms. The Kier molecular flexibility index (Phi) is 11.1. The fourth-order valence-corrected chi connectivity index (χ4v) is 22.3. The number of fused-ring (bicyclic) bond motifs is 8. The molecule has 0 saturated heterocycles. The third-order valence-corrected chi connectivity index (χ3v) is 25.7. The molecule has 0 unspecified atom stereocenters. The number of para-hydroxylation sites is 3. The fraction of sp³-hybridized carbons (Fsp3) is 0. The quantitative estimate of drug-likeness (QED) is 0.0958. The van der Waals surface area contributed by atoms with E-state index in [4.69, 9.17) is 15.0 Å². The average molecular weight is 1040 g/mol. The van der Waals surface area contributed by atoms with Crippen LogP contribution in [0.5, 0.6) is 0 Å². The highest BCUT2D eigenvalue weighted by Crippen LogP contribution is 2.35. The minimum absolute atomic E-state index is 0.623. The molecule has 372 valence electrons. The number of nitrogens with zero attached hydrogens (tertiary/aromatic N) is 6.